The van der Waals surface area contributed by atoms with E-state index in [1.807, 2.05) is 14.1 Å². The van der Waals surface area contributed by atoms with Crippen LogP contribution in [0.4, 0.5) is 0 Å². The first kappa shape index (κ1) is 8.00. The summed E-state index contributed by atoms with van der Waals surface area (Å²) in [4.78, 5) is 4.09. The number of aromatic nitrogens is 3. The minimum atomic E-state index is 0.415. The Morgan fingerprint density at radius 2 is 2.36 bits per heavy atom. The van der Waals surface area contributed by atoms with Crippen LogP contribution in [0.25, 0.3) is 0 Å². The van der Waals surface area contributed by atoms with E-state index in [1.54, 1.807) is 11.8 Å². The number of aryl methyl sites for hydroxylation is 1. The van der Waals surface area contributed by atoms with Crippen molar-refractivity contribution in [2.75, 3.05) is 14.2 Å². The highest BCUT2D eigenvalue weighted by molar-refractivity contribution is 4.96. The van der Waals surface area contributed by atoms with E-state index >= 15 is 0 Å². The van der Waals surface area contributed by atoms with E-state index in [-0.39, 0.29) is 0 Å². The summed E-state index contributed by atoms with van der Waals surface area (Å²) in [6.45, 7) is 0.701. The molecule has 62 valence electrons. The largest absolute Gasteiger partial charge is 0.466 e. The number of rotatable bonds is 3. The van der Waals surface area contributed by atoms with Crippen LogP contribution < -0.4 is 10.1 Å². The zero-order chi connectivity index (χ0) is 8.27. The maximum absolute atomic E-state index is 4.85. The van der Waals surface area contributed by atoms with Crippen LogP contribution >= 0.6 is 0 Å². The molecule has 0 aliphatic heterocycles. The third-order valence-corrected chi connectivity index (χ3v) is 1.35. The van der Waals surface area contributed by atoms with Crippen molar-refractivity contribution in [2.45, 2.75) is 6.54 Å². The summed E-state index contributed by atoms with van der Waals surface area (Å²) in [5.74, 6) is 0.865. The van der Waals surface area contributed by atoms with Crippen molar-refractivity contribution in [3.63, 3.8) is 0 Å². The molecule has 0 amide bonds. The molecule has 0 atom stereocenters. The maximum atomic E-state index is 4.85. The van der Waals surface area contributed by atoms with Crippen LogP contribution in [-0.4, -0.2) is 28.9 Å². The third-order valence-electron chi connectivity index (χ3n) is 1.35. The van der Waals surface area contributed by atoms with Gasteiger partial charge in [0.05, 0.1) is 13.7 Å². The summed E-state index contributed by atoms with van der Waals surface area (Å²) < 4.78 is 6.54. The maximum Gasteiger partial charge on any atom is 0.335 e. The Bertz CT molecular complexity index is 232. The Hall–Kier alpha value is -1.10. The number of nitrogens with zero attached hydrogens (tertiary/aromatic N) is 3. The smallest absolute Gasteiger partial charge is 0.335 e. The van der Waals surface area contributed by atoms with Gasteiger partial charge >= 0.3 is 6.01 Å². The van der Waals surface area contributed by atoms with Crippen molar-refractivity contribution in [1.29, 1.82) is 0 Å². The molecule has 0 fully saturated rings. The van der Waals surface area contributed by atoms with Gasteiger partial charge in [-0.15, -0.1) is 5.10 Å². The van der Waals surface area contributed by atoms with Crippen molar-refractivity contribution in [2.24, 2.45) is 7.05 Å². The number of methoxy groups -OCH3 is 1. The van der Waals surface area contributed by atoms with Crippen molar-refractivity contribution in [3.05, 3.63) is 5.82 Å². The number of ether oxygens (including phenoxy) is 1. The summed E-state index contributed by atoms with van der Waals surface area (Å²) in [5.41, 5.74) is 0. The van der Waals surface area contributed by atoms with Crippen molar-refractivity contribution < 1.29 is 4.74 Å². The molecule has 1 rings (SSSR count). The standard InChI is InChI=1S/C6H12N4O/c1-7-4-5-8-6(11-3)9-10(5)2/h7H,4H2,1-3H3. The summed E-state index contributed by atoms with van der Waals surface area (Å²) in [5, 5.41) is 6.97. The van der Waals surface area contributed by atoms with Gasteiger partial charge in [0.25, 0.3) is 0 Å². The average molecular weight is 156 g/mol. The van der Waals surface area contributed by atoms with Crippen molar-refractivity contribution in [1.82, 2.24) is 20.1 Å². The van der Waals surface area contributed by atoms with Crippen molar-refractivity contribution in [3.8, 4) is 6.01 Å². The molecule has 0 bridgehead atoms. The van der Waals surface area contributed by atoms with Gasteiger partial charge in [0, 0.05) is 7.05 Å². The Morgan fingerprint density at radius 3 is 2.82 bits per heavy atom. The molecule has 0 aromatic carbocycles. The zero-order valence-electron chi connectivity index (χ0n) is 6.96. The van der Waals surface area contributed by atoms with Gasteiger partial charge in [-0.2, -0.15) is 4.98 Å². The highest BCUT2D eigenvalue weighted by Gasteiger charge is 2.04. The Labute approximate surface area is 65.4 Å². The van der Waals surface area contributed by atoms with Gasteiger partial charge in [0.2, 0.25) is 0 Å². The topological polar surface area (TPSA) is 52.0 Å². The predicted molar refractivity (Wildman–Crippen MR) is 40.3 cm³/mol. The van der Waals surface area contributed by atoms with Gasteiger partial charge in [-0.25, -0.2) is 4.68 Å². The first-order valence-corrected chi connectivity index (χ1v) is 3.36. The molecule has 0 radical (unpaired) electrons. The van der Waals surface area contributed by atoms with E-state index in [2.05, 4.69) is 15.4 Å². The molecule has 0 aliphatic carbocycles. The molecule has 0 saturated carbocycles. The summed E-state index contributed by atoms with van der Waals surface area (Å²) in [6.07, 6.45) is 0. The van der Waals surface area contributed by atoms with Gasteiger partial charge in [0.15, 0.2) is 0 Å². The molecular weight excluding hydrogens is 144 g/mol. The number of hydrogen-bond acceptors (Lipinski definition) is 4. The van der Waals surface area contributed by atoms with Crippen LogP contribution in [-0.2, 0) is 13.6 Å². The predicted octanol–water partition coefficient (Wildman–Crippen LogP) is -0.457. The van der Waals surface area contributed by atoms with Crippen LogP contribution in [0.3, 0.4) is 0 Å². The zero-order valence-corrected chi connectivity index (χ0v) is 6.96. The van der Waals surface area contributed by atoms with Gasteiger partial charge in [-0.3, -0.25) is 0 Å². The highest BCUT2D eigenvalue weighted by atomic mass is 16.5. The molecule has 0 spiro atoms. The first-order chi connectivity index (χ1) is 5.27. The number of hydrogen-bond donors (Lipinski definition) is 1. The molecule has 1 N–H and O–H groups in total. The summed E-state index contributed by atoms with van der Waals surface area (Å²) in [7, 11) is 5.25. The Morgan fingerprint density at radius 1 is 1.64 bits per heavy atom. The lowest BCUT2D eigenvalue weighted by Gasteiger charge is -1.94. The van der Waals surface area contributed by atoms with Crippen LogP contribution in [0.15, 0.2) is 0 Å². The minimum absolute atomic E-state index is 0.415. The van der Waals surface area contributed by atoms with Gasteiger partial charge in [-0.1, -0.05) is 0 Å². The van der Waals surface area contributed by atoms with Gasteiger partial charge in [-0.05, 0) is 7.05 Å². The van der Waals surface area contributed by atoms with Crippen LogP contribution in [0.5, 0.6) is 6.01 Å². The summed E-state index contributed by atoms with van der Waals surface area (Å²) in [6, 6.07) is 0.415. The second kappa shape index (κ2) is 3.34. The Kier molecular flexibility index (Phi) is 2.43. The molecular formula is C6H12N4O. The van der Waals surface area contributed by atoms with Gasteiger partial charge in [0.1, 0.15) is 5.82 Å². The lowest BCUT2D eigenvalue weighted by molar-refractivity contribution is 0.378. The minimum Gasteiger partial charge on any atom is -0.466 e. The SMILES string of the molecule is CNCc1nc(OC)nn1C. The van der Waals surface area contributed by atoms with Crippen LogP contribution in [0, 0.1) is 0 Å². The fourth-order valence-corrected chi connectivity index (χ4v) is 0.790. The van der Waals surface area contributed by atoms with E-state index in [1.165, 1.54) is 0 Å². The van der Waals surface area contributed by atoms with Crippen molar-refractivity contribution >= 4 is 0 Å². The quantitative estimate of drug-likeness (QED) is 0.643. The lowest BCUT2D eigenvalue weighted by atomic mass is 10.6. The molecule has 5 nitrogen and oxygen atoms in total. The van der Waals surface area contributed by atoms with Gasteiger partial charge < -0.3 is 10.1 Å². The normalized spacial score (nSPS) is 10.1. The molecule has 11 heavy (non-hydrogen) atoms. The molecule has 5 heteroatoms. The average Bonchev–Trinajstić information content (AvgIpc) is 2.33. The van der Waals surface area contributed by atoms with E-state index in [0.29, 0.717) is 12.6 Å². The second-order valence-electron chi connectivity index (χ2n) is 2.17. The molecule has 1 heterocycles. The van der Waals surface area contributed by atoms with E-state index in [9.17, 15) is 0 Å². The fourth-order valence-electron chi connectivity index (χ4n) is 0.790. The molecule has 1 aromatic rings. The third kappa shape index (κ3) is 1.68. The van der Waals surface area contributed by atoms with E-state index < -0.39 is 0 Å². The molecule has 0 aliphatic rings. The van der Waals surface area contributed by atoms with E-state index in [4.69, 9.17) is 4.74 Å². The highest BCUT2D eigenvalue weighted by Crippen LogP contribution is 2.02. The number of nitrogens with one attached hydrogen (secondary N) is 1. The monoisotopic (exact) mass is 156 g/mol. The van der Waals surface area contributed by atoms with Crippen LogP contribution in [0.2, 0.25) is 0 Å². The van der Waals surface area contributed by atoms with E-state index in [0.717, 1.165) is 5.82 Å². The second-order valence-corrected chi connectivity index (χ2v) is 2.17. The summed E-state index contributed by atoms with van der Waals surface area (Å²) >= 11 is 0. The molecule has 0 unspecified atom stereocenters. The Balaban J connectivity index is 2.79. The fraction of sp³-hybridized carbons (Fsp3) is 0.667. The molecule has 1 aromatic heterocycles. The lowest BCUT2D eigenvalue weighted by Crippen LogP contribution is -2.10. The first-order valence-electron chi connectivity index (χ1n) is 3.36. The molecule has 0 saturated heterocycles. The van der Waals surface area contributed by atoms with Crippen LogP contribution in [0.1, 0.15) is 5.82 Å².